The highest BCUT2D eigenvalue weighted by Crippen LogP contribution is 2.51. The third kappa shape index (κ3) is 2.25. The molecular weight excluding hydrogens is 355 g/mol. The van der Waals surface area contributed by atoms with Gasteiger partial charge in [-0.2, -0.15) is 13.2 Å². The Labute approximate surface area is 145 Å². The summed E-state index contributed by atoms with van der Waals surface area (Å²) in [6.07, 6.45) is -1.84. The highest BCUT2D eigenvalue weighted by atomic mass is 19.4. The molecule has 4 fully saturated rings. The highest BCUT2D eigenvalue weighted by Gasteiger charge is 2.64. The lowest BCUT2D eigenvalue weighted by molar-refractivity contribution is -0.388. The number of fused-ring (bicyclic) bond motifs is 2. The van der Waals surface area contributed by atoms with Crippen LogP contribution in [0.1, 0.15) is 31.2 Å². The first-order valence-electron chi connectivity index (χ1n) is 8.32. The van der Waals surface area contributed by atoms with Gasteiger partial charge in [0, 0.05) is 6.07 Å². The molecule has 0 spiro atoms. The summed E-state index contributed by atoms with van der Waals surface area (Å²) in [5.74, 6) is -0.861. The van der Waals surface area contributed by atoms with Crippen molar-refractivity contribution in [2.24, 2.45) is 11.8 Å². The van der Waals surface area contributed by atoms with E-state index in [0.29, 0.717) is 18.9 Å². The number of alkyl halides is 3. The molecule has 3 saturated carbocycles. The summed E-state index contributed by atoms with van der Waals surface area (Å²) in [5, 5.41) is 22.8. The molecule has 10 heteroatoms. The Kier molecular flexibility index (Phi) is 3.58. The number of anilines is 1. The number of hydrogen-bond donors (Lipinski definition) is 2. The second kappa shape index (κ2) is 5.40. The fraction of sp³-hybridized carbons (Fsp3) is 0.562. The zero-order valence-corrected chi connectivity index (χ0v) is 13.5. The van der Waals surface area contributed by atoms with Gasteiger partial charge < -0.3 is 5.11 Å². The summed E-state index contributed by atoms with van der Waals surface area (Å²) in [6, 6.07) is 1.84. The Hall–Kier alpha value is -2.20. The van der Waals surface area contributed by atoms with Gasteiger partial charge in [0.15, 0.2) is 5.60 Å². The zero-order chi connectivity index (χ0) is 18.9. The molecule has 4 aliphatic rings. The maximum Gasteiger partial charge on any atom is 0.423 e. The predicted octanol–water partition coefficient (Wildman–Crippen LogP) is 2.38. The highest BCUT2D eigenvalue weighted by molar-refractivity contribution is 6.02. The summed E-state index contributed by atoms with van der Waals surface area (Å²) < 4.78 is 39.6. The van der Waals surface area contributed by atoms with Crippen LogP contribution in [0.2, 0.25) is 0 Å². The van der Waals surface area contributed by atoms with Gasteiger partial charge in [0.25, 0.3) is 11.6 Å². The van der Waals surface area contributed by atoms with Gasteiger partial charge in [-0.05, 0) is 49.7 Å². The number of nitrogens with one attached hydrogen (secondary N) is 1. The molecule has 2 N–H and O–H groups in total. The molecule has 0 aromatic heterocycles. The molecule has 2 bridgehead atoms. The van der Waals surface area contributed by atoms with Crippen molar-refractivity contribution in [3.8, 4) is 0 Å². The van der Waals surface area contributed by atoms with Crippen molar-refractivity contribution < 1.29 is 28.0 Å². The van der Waals surface area contributed by atoms with Crippen molar-refractivity contribution in [1.82, 2.24) is 5.43 Å². The zero-order valence-electron chi connectivity index (χ0n) is 13.5. The van der Waals surface area contributed by atoms with Crippen LogP contribution in [0.15, 0.2) is 18.2 Å². The number of halogens is 3. The topological polar surface area (TPSA) is 95.7 Å². The van der Waals surface area contributed by atoms with E-state index >= 15 is 0 Å². The van der Waals surface area contributed by atoms with Crippen molar-refractivity contribution in [3.05, 3.63) is 33.9 Å². The van der Waals surface area contributed by atoms with Gasteiger partial charge in [-0.15, -0.1) is 0 Å². The first-order chi connectivity index (χ1) is 12.1. The molecule has 140 valence electrons. The van der Waals surface area contributed by atoms with Crippen molar-refractivity contribution in [2.75, 3.05) is 5.01 Å². The lowest BCUT2D eigenvalue weighted by Gasteiger charge is -2.48. The van der Waals surface area contributed by atoms with Crippen LogP contribution in [0.25, 0.3) is 0 Å². The van der Waals surface area contributed by atoms with E-state index in [0.717, 1.165) is 30.0 Å². The fourth-order valence-corrected chi connectivity index (χ4v) is 4.64. The van der Waals surface area contributed by atoms with Crippen LogP contribution in [0, 0.1) is 22.0 Å². The number of nitro groups is 1. The van der Waals surface area contributed by atoms with E-state index in [-0.39, 0.29) is 17.5 Å². The summed E-state index contributed by atoms with van der Waals surface area (Å²) in [7, 11) is 0. The maximum atomic E-state index is 13.2. The summed E-state index contributed by atoms with van der Waals surface area (Å²) in [4.78, 5) is 22.6. The number of rotatable bonds is 2. The molecule has 1 saturated heterocycles. The second-order valence-electron chi connectivity index (χ2n) is 7.14. The van der Waals surface area contributed by atoms with E-state index in [4.69, 9.17) is 0 Å². The lowest BCUT2D eigenvalue weighted by Crippen LogP contribution is -2.61. The number of carbonyl (C=O) groups excluding carboxylic acids is 1. The minimum absolute atomic E-state index is 0.0686. The average Bonchev–Trinajstić information content (AvgIpc) is 2.89. The summed E-state index contributed by atoms with van der Waals surface area (Å²) in [5.41, 5.74) is -1.46. The molecule has 5 rings (SSSR count). The Morgan fingerprint density at radius 2 is 1.92 bits per heavy atom. The molecule has 2 atom stereocenters. The molecule has 7 nitrogen and oxygen atoms in total. The molecule has 1 aromatic rings. The number of nitro benzene ring substituents is 1. The van der Waals surface area contributed by atoms with E-state index in [1.54, 1.807) is 0 Å². The third-order valence-corrected chi connectivity index (χ3v) is 5.89. The predicted molar refractivity (Wildman–Crippen MR) is 82.9 cm³/mol. The van der Waals surface area contributed by atoms with E-state index in [2.05, 4.69) is 5.43 Å². The van der Waals surface area contributed by atoms with Crippen molar-refractivity contribution >= 4 is 17.3 Å². The first kappa shape index (κ1) is 17.2. The minimum Gasteiger partial charge on any atom is -0.378 e. The molecule has 2 unspecified atom stereocenters. The van der Waals surface area contributed by atoms with E-state index in [1.165, 1.54) is 0 Å². The monoisotopic (exact) mass is 371 g/mol. The molecule has 1 aromatic carbocycles. The normalized spacial score (nSPS) is 33.5. The quantitative estimate of drug-likeness (QED) is 0.615. The van der Waals surface area contributed by atoms with Crippen LogP contribution < -0.4 is 10.4 Å². The van der Waals surface area contributed by atoms with Crippen LogP contribution >= 0.6 is 0 Å². The Balaban J connectivity index is 1.75. The molecule has 3 aliphatic carbocycles. The first-order valence-corrected chi connectivity index (χ1v) is 8.32. The van der Waals surface area contributed by atoms with Crippen LogP contribution in [0.5, 0.6) is 0 Å². The Bertz CT molecular complexity index is 791. The smallest absolute Gasteiger partial charge is 0.378 e. The van der Waals surface area contributed by atoms with Gasteiger partial charge in [-0.1, -0.05) is 0 Å². The van der Waals surface area contributed by atoms with Gasteiger partial charge in [0.2, 0.25) is 0 Å². The minimum atomic E-state index is -4.94. The van der Waals surface area contributed by atoms with E-state index < -0.39 is 39.9 Å². The molecule has 0 radical (unpaired) electrons. The number of hydrogen-bond acceptors (Lipinski definition) is 5. The summed E-state index contributed by atoms with van der Waals surface area (Å²) >= 11 is 0. The van der Waals surface area contributed by atoms with Crippen LogP contribution in [-0.2, 0) is 11.0 Å². The van der Waals surface area contributed by atoms with Crippen LogP contribution in [-0.4, -0.2) is 27.6 Å². The largest absolute Gasteiger partial charge is 0.423 e. The van der Waals surface area contributed by atoms with Crippen molar-refractivity contribution in [2.45, 2.75) is 43.5 Å². The van der Waals surface area contributed by atoms with Crippen LogP contribution in [0.3, 0.4) is 0 Å². The number of amides is 1. The number of carbonyl (C=O) groups is 1. The molecule has 1 amide bonds. The molecular formula is C16H16F3N3O4. The second-order valence-corrected chi connectivity index (χ2v) is 7.14. The van der Waals surface area contributed by atoms with Gasteiger partial charge >= 0.3 is 6.18 Å². The fourth-order valence-electron chi connectivity index (χ4n) is 4.64. The summed E-state index contributed by atoms with van der Waals surface area (Å²) in [6.45, 7) is 0. The number of benzene rings is 1. The Morgan fingerprint density at radius 3 is 2.46 bits per heavy atom. The van der Waals surface area contributed by atoms with Gasteiger partial charge in [0.1, 0.15) is 5.56 Å². The third-order valence-electron chi connectivity index (χ3n) is 5.89. The van der Waals surface area contributed by atoms with Gasteiger partial charge in [-0.3, -0.25) is 14.9 Å². The van der Waals surface area contributed by atoms with E-state index in [9.17, 15) is 33.2 Å². The number of hydrazine groups is 1. The SMILES string of the molecule is O=C1N(c2ccc([N+](=O)[O-])c(C(F)(F)F)c2)NC2C3CCC(CC3)C12O. The molecule has 1 heterocycles. The van der Waals surface area contributed by atoms with Crippen molar-refractivity contribution in [3.63, 3.8) is 0 Å². The average molecular weight is 371 g/mol. The molecule has 26 heavy (non-hydrogen) atoms. The van der Waals surface area contributed by atoms with Crippen LogP contribution in [0.4, 0.5) is 24.5 Å². The van der Waals surface area contributed by atoms with Gasteiger partial charge in [0.05, 0.1) is 16.7 Å². The number of nitrogens with zero attached hydrogens (tertiary/aromatic N) is 2. The van der Waals surface area contributed by atoms with Gasteiger partial charge in [-0.25, -0.2) is 10.4 Å². The standard InChI is InChI=1S/C16H16F3N3O4/c17-16(18,19)11-7-10(5-6-12(11)22(25)26)21-14(23)15(24)9-3-1-8(2-4-9)13(15)20-21/h5-9,13,20,24H,1-4H2. The van der Waals surface area contributed by atoms with E-state index in [1.807, 2.05) is 0 Å². The maximum absolute atomic E-state index is 13.2. The van der Waals surface area contributed by atoms with Crippen molar-refractivity contribution in [1.29, 1.82) is 0 Å². The molecule has 1 aliphatic heterocycles. The number of aliphatic hydroxyl groups is 1. The lowest BCUT2D eigenvalue weighted by atomic mass is 9.59. The Morgan fingerprint density at radius 1 is 1.27 bits per heavy atom.